The number of anilines is 2. The lowest BCUT2D eigenvalue weighted by molar-refractivity contribution is -0.148. The molecule has 0 bridgehead atoms. The zero-order chi connectivity index (χ0) is 24.7. The van der Waals surface area contributed by atoms with Crippen LogP contribution in [0.2, 0.25) is 5.28 Å². The van der Waals surface area contributed by atoms with Crippen LogP contribution in [-0.2, 0) is 35.0 Å². The second-order valence-corrected chi connectivity index (χ2v) is 7.37. The van der Waals surface area contributed by atoms with Gasteiger partial charge in [0.2, 0.25) is 17.2 Å². The molecule has 180 valence electrons. The minimum absolute atomic E-state index is 0.0422. The number of aromatic amines is 1. The number of methoxy groups -OCH3 is 3. The van der Waals surface area contributed by atoms with Crippen molar-refractivity contribution in [3.63, 3.8) is 0 Å². The molecule has 0 unspecified atom stereocenters. The molecule has 0 saturated carbocycles. The van der Waals surface area contributed by atoms with Gasteiger partial charge in [-0.05, 0) is 23.2 Å². The number of rotatable bonds is 10. The number of nitrogens with zero attached hydrogens (tertiary/aromatic N) is 3. The maximum absolute atomic E-state index is 12.5. The molecule has 0 radical (unpaired) electrons. The van der Waals surface area contributed by atoms with Crippen molar-refractivity contribution in [2.24, 2.45) is 0 Å². The van der Waals surface area contributed by atoms with E-state index in [2.05, 4.69) is 35.3 Å². The first-order valence-electron chi connectivity index (χ1n) is 10.1. The van der Waals surface area contributed by atoms with E-state index >= 15 is 0 Å². The number of nitrogens with one attached hydrogen (secondary N) is 3. The number of benzene rings is 1. The fourth-order valence-corrected chi connectivity index (χ4v) is 3.39. The Hall–Kier alpha value is -3.93. The third-order valence-electron chi connectivity index (χ3n) is 4.88. The topological polar surface area (TPSA) is 157 Å². The van der Waals surface area contributed by atoms with Gasteiger partial charge in [0, 0.05) is 23.5 Å². The van der Waals surface area contributed by atoms with Crippen LogP contribution < -0.4 is 10.6 Å². The SMILES string of the molecule is COC(=O)C[C@H](Nc1nc(Cl)nc(N[C@@H](Cc2c[nH]c3ccccc23)C(=O)OC)n1)C(=O)OC. The highest BCUT2D eigenvalue weighted by Crippen LogP contribution is 2.21. The van der Waals surface area contributed by atoms with E-state index in [0.29, 0.717) is 0 Å². The minimum atomic E-state index is -1.13. The van der Waals surface area contributed by atoms with E-state index in [9.17, 15) is 14.4 Å². The van der Waals surface area contributed by atoms with Crippen LogP contribution in [0.3, 0.4) is 0 Å². The first kappa shape index (κ1) is 24.7. The zero-order valence-corrected chi connectivity index (χ0v) is 19.4. The van der Waals surface area contributed by atoms with Gasteiger partial charge in [-0.25, -0.2) is 9.59 Å². The minimum Gasteiger partial charge on any atom is -0.469 e. The molecule has 0 aliphatic heterocycles. The van der Waals surface area contributed by atoms with Crippen LogP contribution >= 0.6 is 11.6 Å². The quantitative estimate of drug-likeness (QED) is 0.280. The molecule has 0 saturated heterocycles. The molecule has 12 nitrogen and oxygen atoms in total. The highest BCUT2D eigenvalue weighted by atomic mass is 35.5. The molecule has 3 aromatic rings. The number of ether oxygens (including phenoxy) is 3. The van der Waals surface area contributed by atoms with Gasteiger partial charge in [0.05, 0.1) is 27.8 Å². The molecule has 0 aliphatic rings. The Labute approximate surface area is 199 Å². The number of hydrogen-bond donors (Lipinski definition) is 3. The lowest BCUT2D eigenvalue weighted by Crippen LogP contribution is -2.35. The molecule has 3 N–H and O–H groups in total. The van der Waals surface area contributed by atoms with E-state index in [1.165, 1.54) is 21.3 Å². The largest absolute Gasteiger partial charge is 0.469 e. The Morgan fingerprint density at radius 1 is 0.941 bits per heavy atom. The standard InChI is InChI=1S/C21H23ClN6O6/c1-32-16(29)9-15(18(31)34-3)25-21-27-19(22)26-20(28-21)24-14(17(30)33-2)8-11-10-23-13-7-5-4-6-12(11)13/h4-7,10,14-15,23H,8-9H2,1-3H3,(H2,24,25,26,27,28)/t14-,15-/m0/s1. The zero-order valence-electron chi connectivity index (χ0n) is 18.6. The second-order valence-electron chi connectivity index (χ2n) is 7.04. The molecule has 3 rings (SSSR count). The van der Waals surface area contributed by atoms with Crippen molar-refractivity contribution in [3.05, 3.63) is 41.3 Å². The molecule has 1 aromatic carbocycles. The van der Waals surface area contributed by atoms with Crippen molar-refractivity contribution in [2.45, 2.75) is 24.9 Å². The number of para-hydroxylation sites is 1. The van der Waals surface area contributed by atoms with Crippen LogP contribution in [0, 0.1) is 0 Å². The summed E-state index contributed by atoms with van der Waals surface area (Å²) in [5.41, 5.74) is 1.80. The fraction of sp³-hybridized carbons (Fsp3) is 0.333. The molecule has 2 heterocycles. The van der Waals surface area contributed by atoms with Gasteiger partial charge in [-0.2, -0.15) is 15.0 Å². The van der Waals surface area contributed by atoms with E-state index in [-0.39, 0.29) is 30.0 Å². The van der Waals surface area contributed by atoms with Gasteiger partial charge in [0.15, 0.2) is 0 Å². The van der Waals surface area contributed by atoms with Gasteiger partial charge >= 0.3 is 17.9 Å². The Morgan fingerprint density at radius 2 is 1.56 bits per heavy atom. The molecular formula is C21H23ClN6O6. The average Bonchev–Trinajstić information content (AvgIpc) is 3.24. The third kappa shape index (κ3) is 6.10. The van der Waals surface area contributed by atoms with Crippen LogP contribution in [0.5, 0.6) is 0 Å². The van der Waals surface area contributed by atoms with Crippen molar-refractivity contribution in [1.82, 2.24) is 19.9 Å². The summed E-state index contributed by atoms with van der Waals surface area (Å²) in [6.45, 7) is 0. The smallest absolute Gasteiger partial charge is 0.328 e. The predicted octanol–water partition coefficient (Wildman–Crippen LogP) is 1.72. The summed E-state index contributed by atoms with van der Waals surface area (Å²) >= 11 is 6.03. The van der Waals surface area contributed by atoms with Gasteiger partial charge in [0.1, 0.15) is 12.1 Å². The average molecular weight is 491 g/mol. The number of fused-ring (bicyclic) bond motifs is 1. The first-order valence-corrected chi connectivity index (χ1v) is 10.4. The van der Waals surface area contributed by atoms with Gasteiger partial charge in [-0.3, -0.25) is 4.79 Å². The Bertz CT molecular complexity index is 1190. The molecule has 0 amide bonds. The van der Waals surface area contributed by atoms with E-state index in [1.54, 1.807) is 0 Å². The van der Waals surface area contributed by atoms with E-state index in [0.717, 1.165) is 16.5 Å². The lowest BCUT2D eigenvalue weighted by Gasteiger charge is -2.18. The molecule has 2 atom stereocenters. The summed E-state index contributed by atoms with van der Waals surface area (Å²) in [6, 6.07) is 5.67. The fourth-order valence-electron chi connectivity index (χ4n) is 3.23. The van der Waals surface area contributed by atoms with Gasteiger partial charge in [-0.15, -0.1) is 0 Å². The monoisotopic (exact) mass is 490 g/mol. The van der Waals surface area contributed by atoms with Crippen LogP contribution in [-0.4, -0.2) is 71.3 Å². The summed E-state index contributed by atoms with van der Waals surface area (Å²) in [4.78, 5) is 51.4. The lowest BCUT2D eigenvalue weighted by atomic mass is 10.1. The summed E-state index contributed by atoms with van der Waals surface area (Å²) in [6.07, 6.45) is 1.74. The van der Waals surface area contributed by atoms with Crippen molar-refractivity contribution >= 4 is 52.3 Å². The van der Waals surface area contributed by atoms with Crippen molar-refractivity contribution < 1.29 is 28.6 Å². The normalized spacial score (nSPS) is 12.5. The highest BCUT2D eigenvalue weighted by Gasteiger charge is 2.26. The van der Waals surface area contributed by atoms with Gasteiger partial charge in [0.25, 0.3) is 0 Å². The molecule has 13 heteroatoms. The number of aromatic nitrogens is 4. The number of halogens is 1. The van der Waals surface area contributed by atoms with Crippen molar-refractivity contribution in [1.29, 1.82) is 0 Å². The molecular weight excluding hydrogens is 468 g/mol. The molecule has 0 fully saturated rings. The highest BCUT2D eigenvalue weighted by molar-refractivity contribution is 6.28. The number of esters is 3. The van der Waals surface area contributed by atoms with Crippen molar-refractivity contribution in [3.8, 4) is 0 Å². The molecule has 2 aromatic heterocycles. The second kappa shape index (κ2) is 11.3. The maximum Gasteiger partial charge on any atom is 0.328 e. The summed E-state index contributed by atoms with van der Waals surface area (Å²) in [5, 5.41) is 6.32. The summed E-state index contributed by atoms with van der Waals surface area (Å²) < 4.78 is 14.2. The maximum atomic E-state index is 12.5. The van der Waals surface area contributed by atoms with Crippen LogP contribution in [0.1, 0.15) is 12.0 Å². The van der Waals surface area contributed by atoms with Gasteiger partial charge in [-0.1, -0.05) is 18.2 Å². The predicted molar refractivity (Wildman–Crippen MR) is 122 cm³/mol. The number of carbonyl (C=O) groups excluding carboxylic acids is 3. The van der Waals surface area contributed by atoms with E-state index < -0.39 is 30.0 Å². The first-order chi connectivity index (χ1) is 16.3. The number of H-pyrrole nitrogens is 1. The Morgan fingerprint density at radius 3 is 2.21 bits per heavy atom. The molecule has 34 heavy (non-hydrogen) atoms. The van der Waals surface area contributed by atoms with E-state index in [4.69, 9.17) is 21.1 Å². The Balaban J connectivity index is 1.83. The molecule has 0 spiro atoms. The molecule has 0 aliphatic carbocycles. The third-order valence-corrected chi connectivity index (χ3v) is 5.05. The van der Waals surface area contributed by atoms with Crippen LogP contribution in [0.4, 0.5) is 11.9 Å². The summed E-state index contributed by atoms with van der Waals surface area (Å²) in [5.74, 6) is -2.08. The Kier molecular flexibility index (Phi) is 8.19. The number of hydrogen-bond acceptors (Lipinski definition) is 11. The number of carbonyl (C=O) groups is 3. The van der Waals surface area contributed by atoms with E-state index in [1.807, 2.05) is 30.5 Å². The van der Waals surface area contributed by atoms with Gasteiger partial charge < -0.3 is 29.8 Å². The van der Waals surface area contributed by atoms with Crippen LogP contribution in [0.15, 0.2) is 30.5 Å². The summed E-state index contributed by atoms with van der Waals surface area (Å²) in [7, 11) is 3.64. The van der Waals surface area contributed by atoms with Crippen molar-refractivity contribution in [2.75, 3.05) is 32.0 Å². The van der Waals surface area contributed by atoms with Crippen LogP contribution in [0.25, 0.3) is 10.9 Å².